The van der Waals surface area contributed by atoms with E-state index in [2.05, 4.69) is 31.4 Å². The maximum Gasteiger partial charge on any atom is 0.258 e. The zero-order valence-corrected chi connectivity index (χ0v) is 15.4. The molecule has 1 amide bonds. The van der Waals surface area contributed by atoms with Crippen LogP contribution >= 0.6 is 15.9 Å². The molecule has 0 spiro atoms. The molecule has 3 rings (SSSR count). The van der Waals surface area contributed by atoms with Crippen molar-refractivity contribution in [1.82, 2.24) is 15.5 Å². The number of nitrogens with zero attached hydrogens (tertiary/aromatic N) is 2. The molecule has 1 heterocycles. The highest BCUT2D eigenvalue weighted by molar-refractivity contribution is 9.10. The molecule has 0 bridgehead atoms. The molecular formula is C17H19BrFN3O3. The topological polar surface area (TPSA) is 77.2 Å². The Morgan fingerprint density at radius 3 is 2.80 bits per heavy atom. The minimum atomic E-state index is -0.615. The highest BCUT2D eigenvalue weighted by atomic mass is 79.9. The van der Waals surface area contributed by atoms with E-state index in [-0.39, 0.29) is 18.3 Å². The first-order valence-electron chi connectivity index (χ1n) is 8.18. The summed E-state index contributed by atoms with van der Waals surface area (Å²) >= 11 is 3.22. The molecule has 1 saturated carbocycles. The number of hydrogen-bond donors (Lipinski definition) is 1. The van der Waals surface area contributed by atoms with Crippen molar-refractivity contribution in [3.8, 4) is 5.75 Å². The number of benzene rings is 1. The van der Waals surface area contributed by atoms with Crippen LogP contribution in [0, 0.1) is 12.7 Å². The molecule has 1 aromatic carbocycles. The lowest BCUT2D eigenvalue weighted by molar-refractivity contribution is -0.125. The molecule has 134 valence electrons. The Morgan fingerprint density at radius 2 is 2.16 bits per heavy atom. The molecule has 1 aromatic heterocycles. The van der Waals surface area contributed by atoms with Gasteiger partial charge in [0.25, 0.3) is 5.91 Å². The number of ether oxygens (including phenoxy) is 1. The number of rotatable bonds is 5. The van der Waals surface area contributed by atoms with E-state index in [1.165, 1.54) is 18.2 Å². The Bertz CT molecular complexity index is 759. The third kappa shape index (κ3) is 4.18. The maximum absolute atomic E-state index is 13.1. The second-order valence-electron chi connectivity index (χ2n) is 6.19. The zero-order valence-electron chi connectivity index (χ0n) is 13.8. The average Bonchev–Trinajstić information content (AvgIpc) is 3.02. The van der Waals surface area contributed by atoms with Gasteiger partial charge in [-0.05, 0) is 47.0 Å². The van der Waals surface area contributed by atoms with Gasteiger partial charge in [-0.15, -0.1) is 0 Å². The molecule has 0 radical (unpaired) electrons. The predicted molar refractivity (Wildman–Crippen MR) is 91.5 cm³/mol. The number of hydrogen-bond acceptors (Lipinski definition) is 5. The number of amides is 1. The molecule has 1 aliphatic carbocycles. The fourth-order valence-electron chi connectivity index (χ4n) is 3.09. The van der Waals surface area contributed by atoms with Crippen LogP contribution in [0.15, 0.2) is 27.2 Å². The van der Waals surface area contributed by atoms with Gasteiger partial charge < -0.3 is 14.6 Å². The monoisotopic (exact) mass is 411 g/mol. The minimum absolute atomic E-state index is 0.178. The van der Waals surface area contributed by atoms with E-state index in [1.54, 1.807) is 6.92 Å². The summed E-state index contributed by atoms with van der Waals surface area (Å²) in [5, 5.41) is 7.04. The largest absolute Gasteiger partial charge is 0.483 e. The molecule has 1 N–H and O–H groups in total. The molecule has 6 nitrogen and oxygen atoms in total. The smallest absolute Gasteiger partial charge is 0.258 e. The average molecular weight is 412 g/mol. The van der Waals surface area contributed by atoms with Gasteiger partial charge in [0.15, 0.2) is 12.4 Å². The normalized spacial score (nSPS) is 16.4. The highest BCUT2D eigenvalue weighted by Gasteiger charge is 2.39. The molecule has 1 fully saturated rings. The molecule has 0 unspecified atom stereocenters. The maximum atomic E-state index is 13.1. The summed E-state index contributed by atoms with van der Waals surface area (Å²) in [6.07, 6.45) is 4.61. The molecule has 0 atom stereocenters. The van der Waals surface area contributed by atoms with Crippen LogP contribution in [0.3, 0.4) is 0 Å². The summed E-state index contributed by atoms with van der Waals surface area (Å²) < 4.78 is 24.2. The summed E-state index contributed by atoms with van der Waals surface area (Å²) in [7, 11) is 0. The predicted octanol–water partition coefficient (Wildman–Crippen LogP) is 3.63. The minimum Gasteiger partial charge on any atom is -0.483 e. The van der Waals surface area contributed by atoms with Gasteiger partial charge in [-0.25, -0.2) is 4.39 Å². The van der Waals surface area contributed by atoms with E-state index < -0.39 is 5.54 Å². The number of carbonyl (C=O) groups is 1. The van der Waals surface area contributed by atoms with E-state index in [9.17, 15) is 9.18 Å². The van der Waals surface area contributed by atoms with Gasteiger partial charge in [0, 0.05) is 6.92 Å². The van der Waals surface area contributed by atoms with E-state index in [1.807, 2.05) is 0 Å². The van der Waals surface area contributed by atoms with E-state index in [0.29, 0.717) is 21.9 Å². The first-order chi connectivity index (χ1) is 12.0. The van der Waals surface area contributed by atoms with Gasteiger partial charge in [0.05, 0.1) is 4.47 Å². The fraction of sp³-hybridized carbons (Fsp3) is 0.471. The summed E-state index contributed by atoms with van der Waals surface area (Å²) in [6, 6.07) is 4.05. The van der Waals surface area contributed by atoms with E-state index in [4.69, 9.17) is 9.26 Å². The standard InChI is InChI=1S/C17H19BrFN3O3/c1-11-20-16(22-25-11)17(7-3-2-4-8-17)21-15(23)10-24-14-6-5-12(19)9-13(14)18/h5-6,9H,2-4,7-8,10H2,1H3,(H,21,23). The molecule has 25 heavy (non-hydrogen) atoms. The van der Waals surface area contributed by atoms with Crippen molar-refractivity contribution in [2.24, 2.45) is 0 Å². The summed E-state index contributed by atoms with van der Waals surface area (Å²) in [5.74, 6) is 0.740. The van der Waals surface area contributed by atoms with Crippen molar-refractivity contribution < 1.29 is 18.4 Å². The molecule has 1 aliphatic rings. The third-order valence-corrected chi connectivity index (χ3v) is 4.91. The zero-order chi connectivity index (χ0) is 17.9. The lowest BCUT2D eigenvalue weighted by atomic mass is 9.81. The van der Waals surface area contributed by atoms with Gasteiger partial charge in [0.2, 0.25) is 5.89 Å². The van der Waals surface area contributed by atoms with Crippen LogP contribution in [0.25, 0.3) is 0 Å². The number of nitrogens with one attached hydrogen (secondary N) is 1. The first-order valence-corrected chi connectivity index (χ1v) is 8.97. The lowest BCUT2D eigenvalue weighted by Gasteiger charge is -2.35. The van der Waals surface area contributed by atoms with Crippen molar-refractivity contribution in [3.63, 3.8) is 0 Å². The van der Waals surface area contributed by atoms with Crippen molar-refractivity contribution in [2.45, 2.75) is 44.6 Å². The molecule has 0 saturated heterocycles. The molecule has 0 aliphatic heterocycles. The van der Waals surface area contributed by atoms with Crippen LogP contribution < -0.4 is 10.1 Å². The number of halogens is 2. The number of aryl methyl sites for hydroxylation is 1. The molecule has 2 aromatic rings. The lowest BCUT2D eigenvalue weighted by Crippen LogP contribution is -2.49. The third-order valence-electron chi connectivity index (χ3n) is 4.29. The molecule has 8 heteroatoms. The Kier molecular flexibility index (Phi) is 5.36. The van der Waals surface area contributed by atoms with Crippen LogP contribution in [0.5, 0.6) is 5.75 Å². The van der Waals surface area contributed by atoms with Crippen LogP contribution in [-0.4, -0.2) is 22.7 Å². The van der Waals surface area contributed by atoms with Crippen molar-refractivity contribution in [1.29, 1.82) is 0 Å². The van der Waals surface area contributed by atoms with Crippen molar-refractivity contribution >= 4 is 21.8 Å². The Morgan fingerprint density at radius 1 is 1.40 bits per heavy atom. The Balaban J connectivity index is 1.68. The highest BCUT2D eigenvalue weighted by Crippen LogP contribution is 2.35. The van der Waals surface area contributed by atoms with Crippen LogP contribution in [-0.2, 0) is 10.3 Å². The van der Waals surface area contributed by atoms with Crippen molar-refractivity contribution in [3.05, 3.63) is 40.2 Å². The summed E-state index contributed by atoms with van der Waals surface area (Å²) in [6.45, 7) is 1.55. The Hall–Kier alpha value is -1.96. The van der Waals surface area contributed by atoms with Gasteiger partial charge in [-0.2, -0.15) is 4.98 Å². The molecular weight excluding hydrogens is 393 g/mol. The second kappa shape index (κ2) is 7.51. The van der Waals surface area contributed by atoms with Crippen LogP contribution in [0.2, 0.25) is 0 Å². The van der Waals surface area contributed by atoms with Gasteiger partial charge >= 0.3 is 0 Å². The van der Waals surface area contributed by atoms with E-state index in [0.717, 1.165) is 32.1 Å². The van der Waals surface area contributed by atoms with Gasteiger partial charge in [0.1, 0.15) is 17.1 Å². The van der Waals surface area contributed by atoms with Crippen LogP contribution in [0.1, 0.15) is 43.8 Å². The summed E-state index contributed by atoms with van der Waals surface area (Å²) in [4.78, 5) is 16.8. The fourth-order valence-corrected chi connectivity index (χ4v) is 3.56. The SMILES string of the molecule is Cc1nc(C2(NC(=O)COc3ccc(F)cc3Br)CCCCC2)no1. The Labute approximate surface area is 153 Å². The quantitative estimate of drug-likeness (QED) is 0.812. The number of aromatic nitrogens is 2. The second-order valence-corrected chi connectivity index (χ2v) is 7.05. The van der Waals surface area contributed by atoms with E-state index >= 15 is 0 Å². The van der Waals surface area contributed by atoms with Crippen molar-refractivity contribution in [2.75, 3.05) is 6.61 Å². The van der Waals surface area contributed by atoms with Gasteiger partial charge in [-0.3, -0.25) is 4.79 Å². The first kappa shape index (κ1) is 17.8. The summed E-state index contributed by atoms with van der Waals surface area (Å²) in [5.41, 5.74) is -0.615. The van der Waals surface area contributed by atoms with Gasteiger partial charge in [-0.1, -0.05) is 24.4 Å². The van der Waals surface area contributed by atoms with Crippen LogP contribution in [0.4, 0.5) is 4.39 Å². The number of carbonyl (C=O) groups excluding carboxylic acids is 1.